The number of benzene rings is 1. The highest BCUT2D eigenvalue weighted by molar-refractivity contribution is 7.14. The van der Waals surface area contributed by atoms with Crippen LogP contribution in [0.25, 0.3) is 0 Å². The molecule has 0 aliphatic rings. The van der Waals surface area contributed by atoms with Crippen LogP contribution >= 0.6 is 34.5 Å². The monoisotopic (exact) mass is 518 g/mol. The van der Waals surface area contributed by atoms with Crippen molar-refractivity contribution in [3.8, 4) is 0 Å². The van der Waals surface area contributed by atoms with E-state index in [0.29, 0.717) is 32.4 Å². The zero-order chi connectivity index (χ0) is 23.9. The normalized spacial score (nSPS) is 10.8. The summed E-state index contributed by atoms with van der Waals surface area (Å²) in [6.07, 6.45) is 3.19. The molecule has 0 aliphatic carbocycles. The number of carbonyl (C=O) groups is 2. The molecule has 4 aromatic rings. The largest absolute Gasteiger partial charge is 0.467 e. The van der Waals surface area contributed by atoms with E-state index in [9.17, 15) is 9.59 Å². The Morgan fingerprint density at radius 2 is 1.82 bits per heavy atom. The maximum atomic E-state index is 13.2. The van der Waals surface area contributed by atoms with Crippen molar-refractivity contribution in [2.75, 3.05) is 11.9 Å². The Morgan fingerprint density at radius 1 is 1.06 bits per heavy atom. The first kappa shape index (κ1) is 23.9. The zero-order valence-corrected chi connectivity index (χ0v) is 20.1. The molecule has 0 spiro atoms. The van der Waals surface area contributed by atoms with Gasteiger partial charge in [0.25, 0.3) is 5.91 Å². The molecule has 0 fully saturated rings. The molecule has 0 bridgehead atoms. The highest BCUT2D eigenvalue weighted by Crippen LogP contribution is 2.30. The second-order valence-electron chi connectivity index (χ2n) is 7.20. The lowest BCUT2D eigenvalue weighted by Crippen LogP contribution is -2.35. The molecular weight excluding hydrogens is 499 g/mol. The van der Waals surface area contributed by atoms with Gasteiger partial charge in [0.05, 0.1) is 36.3 Å². The minimum absolute atomic E-state index is 0.112. The second kappa shape index (κ2) is 11.2. The fourth-order valence-electron chi connectivity index (χ4n) is 3.07. The van der Waals surface area contributed by atoms with E-state index in [2.05, 4.69) is 15.6 Å². The number of hydrogen-bond acceptors (Lipinski definition) is 7. The molecule has 0 saturated heterocycles. The van der Waals surface area contributed by atoms with Gasteiger partial charge in [-0.3, -0.25) is 9.59 Å². The number of halogens is 2. The molecule has 0 radical (unpaired) electrons. The summed E-state index contributed by atoms with van der Waals surface area (Å²) in [7, 11) is 0. The van der Waals surface area contributed by atoms with Crippen LogP contribution in [0.3, 0.4) is 0 Å². The topological polar surface area (TPSA) is 101 Å². The van der Waals surface area contributed by atoms with Gasteiger partial charge in [-0.05, 0) is 42.5 Å². The van der Waals surface area contributed by atoms with Gasteiger partial charge in [0.2, 0.25) is 5.91 Å². The predicted molar refractivity (Wildman–Crippen MR) is 130 cm³/mol. The number of nitrogens with zero attached hydrogens (tertiary/aromatic N) is 2. The van der Waals surface area contributed by atoms with Crippen LogP contribution in [0.2, 0.25) is 10.0 Å². The smallest absolute Gasteiger partial charge is 0.273 e. The van der Waals surface area contributed by atoms with Gasteiger partial charge in [0, 0.05) is 23.4 Å². The van der Waals surface area contributed by atoms with Gasteiger partial charge in [-0.2, -0.15) is 0 Å². The van der Waals surface area contributed by atoms with Gasteiger partial charge in [-0.25, -0.2) is 4.98 Å². The van der Waals surface area contributed by atoms with E-state index in [0.717, 1.165) is 0 Å². The standard InChI is InChI=1S/C23H20Cl2N4O4S/c24-15-5-6-18(25)19(11-15)27-23-28-20(14-34-23)22(31)29(13-17-4-2-10-33-17)8-7-21(30)26-12-16-3-1-9-32-16/h1-6,9-11,14H,7-8,12-13H2,(H,26,30)(H,27,28). The molecule has 176 valence electrons. The van der Waals surface area contributed by atoms with Crippen LogP contribution in [0, 0.1) is 0 Å². The van der Waals surface area contributed by atoms with E-state index in [1.54, 1.807) is 54.1 Å². The van der Waals surface area contributed by atoms with Crippen molar-refractivity contribution in [3.63, 3.8) is 0 Å². The van der Waals surface area contributed by atoms with E-state index in [1.165, 1.54) is 22.5 Å². The van der Waals surface area contributed by atoms with Crippen molar-refractivity contribution in [2.24, 2.45) is 0 Å². The number of rotatable bonds is 10. The van der Waals surface area contributed by atoms with Crippen LogP contribution < -0.4 is 10.6 Å². The molecule has 4 rings (SSSR count). The fraction of sp³-hybridized carbons (Fsp3) is 0.174. The maximum Gasteiger partial charge on any atom is 0.273 e. The van der Waals surface area contributed by atoms with Gasteiger partial charge in [0.15, 0.2) is 5.13 Å². The van der Waals surface area contributed by atoms with E-state index >= 15 is 0 Å². The number of furan rings is 2. The van der Waals surface area contributed by atoms with Crippen molar-refractivity contribution in [3.05, 3.63) is 87.6 Å². The number of carbonyl (C=O) groups excluding carboxylic acids is 2. The van der Waals surface area contributed by atoms with E-state index in [1.807, 2.05) is 0 Å². The van der Waals surface area contributed by atoms with Crippen LogP contribution in [0.1, 0.15) is 28.4 Å². The lowest BCUT2D eigenvalue weighted by Gasteiger charge is -2.20. The maximum absolute atomic E-state index is 13.2. The van der Waals surface area contributed by atoms with Gasteiger partial charge in [-0.15, -0.1) is 11.3 Å². The highest BCUT2D eigenvalue weighted by atomic mass is 35.5. The highest BCUT2D eigenvalue weighted by Gasteiger charge is 2.21. The number of hydrogen-bond donors (Lipinski definition) is 2. The summed E-state index contributed by atoms with van der Waals surface area (Å²) in [5.74, 6) is 0.726. The van der Waals surface area contributed by atoms with Gasteiger partial charge in [0.1, 0.15) is 17.2 Å². The molecule has 0 atom stereocenters. The predicted octanol–water partition coefficient (Wildman–Crippen LogP) is 5.73. The molecule has 2 amide bonds. The summed E-state index contributed by atoms with van der Waals surface area (Å²) >= 11 is 13.5. The molecule has 0 saturated carbocycles. The Balaban J connectivity index is 1.41. The first-order valence-electron chi connectivity index (χ1n) is 10.3. The summed E-state index contributed by atoms with van der Waals surface area (Å²) in [5, 5.41) is 9.00. The van der Waals surface area contributed by atoms with Crippen molar-refractivity contribution >= 4 is 57.2 Å². The van der Waals surface area contributed by atoms with Gasteiger partial charge >= 0.3 is 0 Å². The third-order valence-electron chi connectivity index (χ3n) is 4.76. The Bertz CT molecular complexity index is 1240. The van der Waals surface area contributed by atoms with Crippen LogP contribution in [-0.2, 0) is 17.9 Å². The first-order valence-corrected chi connectivity index (χ1v) is 11.9. The Kier molecular flexibility index (Phi) is 7.89. The van der Waals surface area contributed by atoms with Crippen LogP contribution in [-0.4, -0.2) is 28.2 Å². The Labute approximate surface area is 209 Å². The van der Waals surface area contributed by atoms with Gasteiger partial charge in [-0.1, -0.05) is 23.2 Å². The minimum Gasteiger partial charge on any atom is -0.467 e. The summed E-state index contributed by atoms with van der Waals surface area (Å²) in [6.45, 7) is 0.673. The molecule has 11 heteroatoms. The molecule has 3 heterocycles. The van der Waals surface area contributed by atoms with E-state index in [4.69, 9.17) is 32.0 Å². The molecule has 0 unspecified atom stereocenters. The number of thiazole rings is 1. The summed E-state index contributed by atoms with van der Waals surface area (Å²) in [6, 6.07) is 12.1. The van der Waals surface area contributed by atoms with Crippen molar-refractivity contribution in [1.82, 2.24) is 15.2 Å². The van der Waals surface area contributed by atoms with Crippen molar-refractivity contribution < 1.29 is 18.4 Å². The summed E-state index contributed by atoms with van der Waals surface area (Å²) < 4.78 is 10.6. The average molecular weight is 519 g/mol. The first-order chi connectivity index (χ1) is 16.5. The third kappa shape index (κ3) is 6.40. The quantitative estimate of drug-likeness (QED) is 0.278. The second-order valence-corrected chi connectivity index (χ2v) is 8.90. The lowest BCUT2D eigenvalue weighted by atomic mass is 10.3. The van der Waals surface area contributed by atoms with E-state index < -0.39 is 0 Å². The molecule has 0 aliphatic heterocycles. The number of amides is 2. The average Bonchev–Trinajstić information content (AvgIpc) is 3.60. The number of aromatic nitrogens is 1. The lowest BCUT2D eigenvalue weighted by molar-refractivity contribution is -0.121. The molecule has 2 N–H and O–H groups in total. The molecule has 3 aromatic heterocycles. The van der Waals surface area contributed by atoms with Crippen molar-refractivity contribution in [2.45, 2.75) is 19.5 Å². The molecular formula is C23H20Cl2N4O4S. The summed E-state index contributed by atoms with van der Waals surface area (Å²) in [4.78, 5) is 31.5. The number of nitrogens with one attached hydrogen (secondary N) is 2. The van der Waals surface area contributed by atoms with Crippen LogP contribution in [0.4, 0.5) is 10.8 Å². The SMILES string of the molecule is O=C(CCN(Cc1ccco1)C(=O)c1csc(Nc2cc(Cl)ccc2Cl)n1)NCc1ccco1. The Hall–Kier alpha value is -3.27. The zero-order valence-electron chi connectivity index (χ0n) is 17.8. The molecule has 1 aromatic carbocycles. The molecule has 34 heavy (non-hydrogen) atoms. The van der Waals surface area contributed by atoms with Crippen LogP contribution in [0.15, 0.2) is 69.2 Å². The minimum atomic E-state index is -0.322. The van der Waals surface area contributed by atoms with Crippen molar-refractivity contribution in [1.29, 1.82) is 0 Å². The number of anilines is 2. The fourth-order valence-corrected chi connectivity index (χ4v) is 4.10. The van der Waals surface area contributed by atoms with Crippen LogP contribution in [0.5, 0.6) is 0 Å². The van der Waals surface area contributed by atoms with E-state index in [-0.39, 0.29) is 43.6 Å². The third-order valence-corrected chi connectivity index (χ3v) is 6.08. The molecule has 8 nitrogen and oxygen atoms in total. The summed E-state index contributed by atoms with van der Waals surface area (Å²) in [5.41, 5.74) is 0.830. The Morgan fingerprint density at radius 3 is 2.56 bits per heavy atom. The van der Waals surface area contributed by atoms with Gasteiger partial charge < -0.3 is 24.4 Å².